The van der Waals surface area contributed by atoms with Crippen LogP contribution in [0, 0.1) is 12.8 Å². The molecule has 0 unspecified atom stereocenters. The summed E-state index contributed by atoms with van der Waals surface area (Å²) in [4.78, 5) is 20.3. The Morgan fingerprint density at radius 2 is 2.10 bits per heavy atom. The first-order valence-corrected chi connectivity index (χ1v) is 8.05. The molecule has 0 aromatic carbocycles. The molecule has 3 N–H and O–H groups in total. The molecule has 1 aromatic heterocycles. The zero-order chi connectivity index (χ0) is 14.5. The number of aromatic nitrogens is 2. The fourth-order valence-electron chi connectivity index (χ4n) is 2.43. The maximum absolute atomic E-state index is 11.9. The molecule has 2 rings (SSSR count). The number of nitrogens with zero attached hydrogens (tertiary/aromatic N) is 2. The molecular formula is C14H22N4OS. The van der Waals surface area contributed by atoms with E-state index in [9.17, 15) is 4.79 Å². The Kier molecular flexibility index (Phi) is 5.23. The third-order valence-electron chi connectivity index (χ3n) is 3.57. The Hall–Kier alpha value is -1.30. The molecule has 1 fully saturated rings. The maximum Gasteiger partial charge on any atom is 0.230 e. The van der Waals surface area contributed by atoms with Crippen molar-refractivity contribution in [1.82, 2.24) is 15.3 Å². The van der Waals surface area contributed by atoms with E-state index in [2.05, 4.69) is 22.2 Å². The standard InChI is InChI=1S/C14H22N4OS/c1-9-3-5-11(6-4-9)17-13(19)8-20-14-16-10(2)7-12(15)18-14/h7,9,11H,3-6,8H2,1-2H3,(H,17,19)(H2,15,16,18). The lowest BCUT2D eigenvalue weighted by Crippen LogP contribution is -2.38. The van der Waals surface area contributed by atoms with Crippen molar-refractivity contribution < 1.29 is 4.79 Å². The molecule has 1 heterocycles. The summed E-state index contributed by atoms with van der Waals surface area (Å²) in [5, 5.41) is 3.66. The van der Waals surface area contributed by atoms with E-state index >= 15 is 0 Å². The van der Waals surface area contributed by atoms with Crippen molar-refractivity contribution in [3.63, 3.8) is 0 Å². The summed E-state index contributed by atoms with van der Waals surface area (Å²) in [6, 6.07) is 2.05. The topological polar surface area (TPSA) is 80.9 Å². The third-order valence-corrected chi connectivity index (χ3v) is 4.41. The third kappa shape index (κ3) is 4.67. The highest BCUT2D eigenvalue weighted by molar-refractivity contribution is 7.99. The number of nitrogens with two attached hydrogens (primary N) is 1. The largest absolute Gasteiger partial charge is 0.384 e. The molecule has 20 heavy (non-hydrogen) atoms. The minimum atomic E-state index is 0.0539. The quantitative estimate of drug-likeness (QED) is 0.657. The van der Waals surface area contributed by atoms with Gasteiger partial charge in [0.2, 0.25) is 5.91 Å². The monoisotopic (exact) mass is 294 g/mol. The van der Waals surface area contributed by atoms with Gasteiger partial charge in [0.25, 0.3) is 0 Å². The van der Waals surface area contributed by atoms with Crippen molar-refractivity contribution in [1.29, 1.82) is 0 Å². The number of aryl methyl sites for hydroxylation is 1. The van der Waals surface area contributed by atoms with Crippen LogP contribution in [0.15, 0.2) is 11.2 Å². The van der Waals surface area contributed by atoms with Crippen LogP contribution in [0.4, 0.5) is 5.82 Å². The number of anilines is 1. The van der Waals surface area contributed by atoms with Crippen LogP contribution in [-0.2, 0) is 4.79 Å². The van der Waals surface area contributed by atoms with Gasteiger partial charge in [-0.25, -0.2) is 9.97 Å². The first-order valence-electron chi connectivity index (χ1n) is 7.06. The summed E-state index contributed by atoms with van der Waals surface area (Å²) in [5.74, 6) is 1.63. The SMILES string of the molecule is Cc1cc(N)nc(SCC(=O)NC2CCC(C)CC2)n1. The van der Waals surface area contributed by atoms with Crippen LogP contribution in [0.2, 0.25) is 0 Å². The summed E-state index contributed by atoms with van der Waals surface area (Å²) in [5.41, 5.74) is 6.48. The lowest BCUT2D eigenvalue weighted by Gasteiger charge is -2.26. The molecule has 1 aliphatic carbocycles. The van der Waals surface area contributed by atoms with E-state index in [-0.39, 0.29) is 5.91 Å². The van der Waals surface area contributed by atoms with Crippen molar-refractivity contribution in [2.75, 3.05) is 11.5 Å². The van der Waals surface area contributed by atoms with E-state index in [0.717, 1.165) is 24.5 Å². The minimum absolute atomic E-state index is 0.0539. The molecule has 1 saturated carbocycles. The van der Waals surface area contributed by atoms with Crippen LogP contribution in [0.3, 0.4) is 0 Å². The molecule has 0 radical (unpaired) electrons. The Morgan fingerprint density at radius 3 is 2.75 bits per heavy atom. The second-order valence-corrected chi connectivity index (χ2v) is 6.47. The van der Waals surface area contributed by atoms with Crippen LogP contribution in [0.1, 0.15) is 38.3 Å². The number of nitrogen functional groups attached to an aromatic ring is 1. The maximum atomic E-state index is 11.9. The van der Waals surface area contributed by atoms with Crippen LogP contribution < -0.4 is 11.1 Å². The molecule has 0 atom stereocenters. The molecule has 1 amide bonds. The molecule has 0 aliphatic heterocycles. The summed E-state index contributed by atoms with van der Waals surface area (Å²) in [6.45, 7) is 4.14. The van der Waals surface area contributed by atoms with E-state index in [1.807, 2.05) is 6.92 Å². The lowest BCUT2D eigenvalue weighted by atomic mass is 9.87. The summed E-state index contributed by atoms with van der Waals surface area (Å²) in [6.07, 6.45) is 4.59. The number of carbonyl (C=O) groups excluding carboxylic acids is 1. The van der Waals surface area contributed by atoms with Gasteiger partial charge in [-0.15, -0.1) is 0 Å². The average molecular weight is 294 g/mol. The van der Waals surface area contributed by atoms with Gasteiger partial charge in [-0.05, 0) is 38.5 Å². The van der Waals surface area contributed by atoms with Crippen molar-refractivity contribution >= 4 is 23.5 Å². The first kappa shape index (κ1) is 15.1. The molecule has 5 nitrogen and oxygen atoms in total. The van der Waals surface area contributed by atoms with E-state index < -0.39 is 0 Å². The van der Waals surface area contributed by atoms with Crippen LogP contribution in [-0.4, -0.2) is 27.7 Å². The molecule has 110 valence electrons. The van der Waals surface area contributed by atoms with Gasteiger partial charge in [0.1, 0.15) is 5.82 Å². The average Bonchev–Trinajstić information content (AvgIpc) is 2.38. The van der Waals surface area contributed by atoms with Gasteiger partial charge in [-0.1, -0.05) is 18.7 Å². The van der Waals surface area contributed by atoms with E-state index in [1.54, 1.807) is 6.07 Å². The molecule has 6 heteroatoms. The van der Waals surface area contributed by atoms with Gasteiger partial charge in [-0.2, -0.15) is 0 Å². The molecule has 0 bridgehead atoms. The zero-order valence-electron chi connectivity index (χ0n) is 12.1. The van der Waals surface area contributed by atoms with Crippen molar-refractivity contribution in [3.05, 3.63) is 11.8 Å². The van der Waals surface area contributed by atoms with E-state index in [4.69, 9.17) is 5.73 Å². The minimum Gasteiger partial charge on any atom is -0.384 e. The highest BCUT2D eigenvalue weighted by Gasteiger charge is 2.19. The van der Waals surface area contributed by atoms with Gasteiger partial charge < -0.3 is 11.1 Å². The summed E-state index contributed by atoms with van der Waals surface area (Å²) in [7, 11) is 0. The summed E-state index contributed by atoms with van der Waals surface area (Å²) >= 11 is 1.33. The van der Waals surface area contributed by atoms with Gasteiger partial charge >= 0.3 is 0 Å². The van der Waals surface area contributed by atoms with Crippen molar-refractivity contribution in [2.24, 2.45) is 5.92 Å². The Labute approximate surface area is 124 Å². The Bertz CT molecular complexity index is 452. The fourth-order valence-corrected chi connectivity index (χ4v) is 3.16. The molecular weight excluding hydrogens is 272 g/mol. The predicted molar refractivity (Wildman–Crippen MR) is 81.5 cm³/mol. The van der Waals surface area contributed by atoms with Gasteiger partial charge in [0, 0.05) is 17.8 Å². The normalized spacial score (nSPS) is 22.5. The number of thioether (sulfide) groups is 1. The van der Waals surface area contributed by atoms with Crippen LogP contribution >= 0.6 is 11.8 Å². The van der Waals surface area contributed by atoms with Gasteiger partial charge in [0.05, 0.1) is 5.75 Å². The molecule has 1 aromatic rings. The molecule has 0 spiro atoms. The molecule has 0 saturated heterocycles. The number of amides is 1. The predicted octanol–water partition coefficient (Wildman–Crippen LogP) is 2.15. The van der Waals surface area contributed by atoms with E-state index in [0.29, 0.717) is 22.8 Å². The van der Waals surface area contributed by atoms with Crippen LogP contribution in [0.25, 0.3) is 0 Å². The van der Waals surface area contributed by atoms with Crippen molar-refractivity contribution in [2.45, 2.75) is 50.7 Å². The summed E-state index contributed by atoms with van der Waals surface area (Å²) < 4.78 is 0. The lowest BCUT2D eigenvalue weighted by molar-refractivity contribution is -0.119. The highest BCUT2D eigenvalue weighted by atomic mass is 32.2. The first-order chi connectivity index (χ1) is 9.52. The number of rotatable bonds is 4. The fraction of sp³-hybridized carbons (Fsp3) is 0.643. The van der Waals surface area contributed by atoms with Crippen LogP contribution in [0.5, 0.6) is 0 Å². The number of hydrogen-bond acceptors (Lipinski definition) is 5. The van der Waals surface area contributed by atoms with E-state index in [1.165, 1.54) is 24.6 Å². The number of carbonyl (C=O) groups is 1. The second-order valence-electron chi connectivity index (χ2n) is 5.53. The highest BCUT2D eigenvalue weighted by Crippen LogP contribution is 2.23. The Morgan fingerprint density at radius 1 is 1.40 bits per heavy atom. The number of hydrogen-bond donors (Lipinski definition) is 2. The second kappa shape index (κ2) is 6.92. The Balaban J connectivity index is 1.77. The smallest absolute Gasteiger partial charge is 0.230 e. The van der Waals surface area contributed by atoms with Gasteiger partial charge in [-0.3, -0.25) is 4.79 Å². The van der Waals surface area contributed by atoms with Gasteiger partial charge in [0.15, 0.2) is 5.16 Å². The molecule has 1 aliphatic rings. The number of nitrogens with one attached hydrogen (secondary N) is 1. The zero-order valence-corrected chi connectivity index (χ0v) is 12.9. The van der Waals surface area contributed by atoms with Crippen molar-refractivity contribution in [3.8, 4) is 0 Å².